The molecule has 0 saturated carbocycles. The van der Waals surface area contributed by atoms with E-state index in [4.69, 9.17) is 5.11 Å². The number of ketones is 1. The van der Waals surface area contributed by atoms with Gasteiger partial charge in [-0.05, 0) is 13.0 Å². The van der Waals surface area contributed by atoms with Crippen LogP contribution in [0.2, 0.25) is 0 Å². The zero-order chi connectivity index (χ0) is 13.0. The Morgan fingerprint density at radius 3 is 2.59 bits per heavy atom. The molecule has 7 nitrogen and oxygen atoms in total. The summed E-state index contributed by atoms with van der Waals surface area (Å²) in [6, 6.07) is 3.89. The molecule has 7 heteroatoms. The van der Waals surface area contributed by atoms with Gasteiger partial charge in [0.05, 0.1) is 4.92 Å². The fourth-order valence-electron chi connectivity index (χ4n) is 1.21. The maximum atomic E-state index is 11.0. The lowest BCUT2D eigenvalue weighted by atomic mass is 10.2. The summed E-state index contributed by atoms with van der Waals surface area (Å²) >= 11 is 0. The third-order valence-electron chi connectivity index (χ3n) is 2.02. The normalized spacial score (nSPS) is 11.6. The van der Waals surface area contributed by atoms with Gasteiger partial charge in [0.15, 0.2) is 11.8 Å². The highest BCUT2D eigenvalue weighted by atomic mass is 16.6. The lowest BCUT2D eigenvalue weighted by Crippen LogP contribution is -2.35. The fraction of sp³-hybridized carbons (Fsp3) is 0.200. The van der Waals surface area contributed by atoms with E-state index >= 15 is 0 Å². The van der Waals surface area contributed by atoms with Gasteiger partial charge < -0.3 is 10.4 Å². The fourth-order valence-corrected chi connectivity index (χ4v) is 1.21. The van der Waals surface area contributed by atoms with Crippen molar-refractivity contribution in [2.24, 2.45) is 0 Å². The third kappa shape index (κ3) is 3.26. The molecule has 1 unspecified atom stereocenters. The highest BCUT2D eigenvalue weighted by Gasteiger charge is 2.22. The topological polar surface area (TPSA) is 110 Å². The van der Waals surface area contributed by atoms with Gasteiger partial charge in [-0.15, -0.1) is 0 Å². The smallest absolute Gasteiger partial charge is 0.333 e. The lowest BCUT2D eigenvalue weighted by molar-refractivity contribution is -0.384. The van der Waals surface area contributed by atoms with Crippen LogP contribution in [0.1, 0.15) is 6.92 Å². The molecule has 0 aliphatic heterocycles. The maximum absolute atomic E-state index is 11.0. The Morgan fingerprint density at radius 2 is 2.12 bits per heavy atom. The molecule has 0 fully saturated rings. The number of non-ortho nitro benzene ring substituents is 1. The number of carboxylic acid groups (broad SMARTS) is 1. The molecule has 1 rings (SSSR count). The monoisotopic (exact) mass is 238 g/mol. The zero-order valence-corrected chi connectivity index (χ0v) is 8.91. The molecule has 0 radical (unpaired) electrons. The summed E-state index contributed by atoms with van der Waals surface area (Å²) in [7, 11) is 0. The quantitative estimate of drug-likeness (QED) is 0.450. The molecular weight excluding hydrogens is 228 g/mol. The number of nitrogens with one attached hydrogen (secondary N) is 1. The van der Waals surface area contributed by atoms with Crippen LogP contribution in [0, 0.1) is 10.1 Å². The van der Waals surface area contributed by atoms with E-state index in [0.717, 1.165) is 6.92 Å². The number of nitro groups is 1. The van der Waals surface area contributed by atoms with Gasteiger partial charge in [-0.1, -0.05) is 6.07 Å². The van der Waals surface area contributed by atoms with E-state index in [9.17, 15) is 19.7 Å². The highest BCUT2D eigenvalue weighted by Crippen LogP contribution is 2.17. The number of hydrogen-bond donors (Lipinski definition) is 2. The van der Waals surface area contributed by atoms with E-state index in [0.29, 0.717) is 0 Å². The molecule has 0 aliphatic carbocycles. The van der Waals surface area contributed by atoms with Gasteiger partial charge in [0.25, 0.3) is 5.69 Å². The number of carbonyl (C=O) groups is 2. The average molecular weight is 238 g/mol. The number of benzene rings is 1. The molecule has 0 saturated heterocycles. The third-order valence-corrected chi connectivity index (χ3v) is 2.02. The Morgan fingerprint density at radius 1 is 1.47 bits per heavy atom. The van der Waals surface area contributed by atoms with Crippen LogP contribution in [0.5, 0.6) is 0 Å². The first-order valence-corrected chi connectivity index (χ1v) is 4.66. The summed E-state index contributed by atoms with van der Waals surface area (Å²) in [4.78, 5) is 31.7. The molecule has 1 atom stereocenters. The van der Waals surface area contributed by atoms with Crippen LogP contribution in [0.3, 0.4) is 0 Å². The highest BCUT2D eigenvalue weighted by molar-refractivity contribution is 6.03. The maximum Gasteiger partial charge on any atom is 0.333 e. The van der Waals surface area contributed by atoms with Gasteiger partial charge in [-0.3, -0.25) is 14.9 Å². The molecule has 0 amide bonds. The molecule has 0 heterocycles. The van der Waals surface area contributed by atoms with Gasteiger partial charge in [-0.25, -0.2) is 4.79 Å². The number of rotatable bonds is 5. The first kappa shape index (κ1) is 12.6. The second kappa shape index (κ2) is 5.06. The number of carbonyl (C=O) groups excluding carboxylic acids is 1. The largest absolute Gasteiger partial charge is 0.479 e. The molecule has 0 aliphatic rings. The molecule has 1 aromatic rings. The van der Waals surface area contributed by atoms with Crippen LogP contribution < -0.4 is 5.32 Å². The van der Waals surface area contributed by atoms with Gasteiger partial charge in [0, 0.05) is 17.8 Å². The zero-order valence-electron chi connectivity index (χ0n) is 8.91. The summed E-state index contributed by atoms with van der Waals surface area (Å²) < 4.78 is 0. The van der Waals surface area contributed by atoms with Crippen molar-refractivity contribution in [2.45, 2.75) is 13.0 Å². The SMILES string of the molecule is CC(=O)C(Nc1cccc([N+](=O)[O-])c1)C(=O)O. The minimum Gasteiger partial charge on any atom is -0.479 e. The number of carboxylic acids is 1. The summed E-state index contributed by atoms with van der Waals surface area (Å²) in [5.74, 6) is -1.91. The molecule has 2 N–H and O–H groups in total. The second-order valence-corrected chi connectivity index (χ2v) is 3.33. The Balaban J connectivity index is 2.94. The van der Waals surface area contributed by atoms with E-state index < -0.39 is 22.7 Å². The van der Waals surface area contributed by atoms with Crippen LogP contribution in [0.4, 0.5) is 11.4 Å². The summed E-state index contributed by atoms with van der Waals surface area (Å²) in [6.45, 7) is 1.13. The van der Waals surface area contributed by atoms with Crippen LogP contribution in [-0.2, 0) is 9.59 Å². The van der Waals surface area contributed by atoms with E-state index in [1.54, 1.807) is 0 Å². The molecule has 90 valence electrons. The molecule has 1 aromatic carbocycles. The van der Waals surface area contributed by atoms with Crippen molar-refractivity contribution in [1.82, 2.24) is 0 Å². The van der Waals surface area contributed by atoms with Crippen molar-refractivity contribution in [3.63, 3.8) is 0 Å². The second-order valence-electron chi connectivity index (χ2n) is 3.33. The molecular formula is C10H10N2O5. The number of nitrogens with zero attached hydrogens (tertiary/aromatic N) is 1. The van der Waals surface area contributed by atoms with Crippen LogP contribution >= 0.6 is 0 Å². The van der Waals surface area contributed by atoms with E-state index in [1.807, 2.05) is 0 Å². The van der Waals surface area contributed by atoms with Crippen molar-refractivity contribution >= 4 is 23.1 Å². The Bertz CT molecular complexity index is 458. The molecule has 0 spiro atoms. The van der Waals surface area contributed by atoms with E-state index in [2.05, 4.69) is 5.32 Å². The van der Waals surface area contributed by atoms with Crippen LogP contribution in [-0.4, -0.2) is 27.8 Å². The summed E-state index contributed by atoms with van der Waals surface area (Å²) in [5, 5.41) is 21.7. The van der Waals surface area contributed by atoms with Crippen LogP contribution in [0.25, 0.3) is 0 Å². The van der Waals surface area contributed by atoms with E-state index in [-0.39, 0.29) is 11.4 Å². The summed E-state index contributed by atoms with van der Waals surface area (Å²) in [5.41, 5.74) is 0.0319. The van der Waals surface area contributed by atoms with Gasteiger partial charge in [0.2, 0.25) is 0 Å². The Labute approximate surface area is 96.2 Å². The molecule has 17 heavy (non-hydrogen) atoms. The number of Topliss-reactive ketones (excluding diaryl/α,β-unsaturated/α-hetero) is 1. The number of nitro benzene ring substituents is 1. The van der Waals surface area contributed by atoms with Crippen LogP contribution in [0.15, 0.2) is 24.3 Å². The predicted octanol–water partition coefficient (Wildman–Crippen LogP) is 1.05. The molecule has 0 bridgehead atoms. The van der Waals surface area contributed by atoms with Gasteiger partial charge in [-0.2, -0.15) is 0 Å². The van der Waals surface area contributed by atoms with Crippen molar-refractivity contribution in [1.29, 1.82) is 0 Å². The summed E-state index contributed by atoms with van der Waals surface area (Å²) in [6.07, 6.45) is 0. The average Bonchev–Trinajstić information content (AvgIpc) is 2.25. The van der Waals surface area contributed by atoms with Crippen molar-refractivity contribution < 1.29 is 19.6 Å². The first-order valence-electron chi connectivity index (χ1n) is 4.66. The minimum absolute atomic E-state index is 0.178. The Hall–Kier alpha value is -2.44. The lowest BCUT2D eigenvalue weighted by Gasteiger charge is -2.12. The standard InChI is InChI=1S/C10H10N2O5/c1-6(13)9(10(14)15)11-7-3-2-4-8(5-7)12(16)17/h2-5,9,11H,1H3,(H,14,15). The first-order chi connectivity index (χ1) is 7.91. The number of hydrogen-bond acceptors (Lipinski definition) is 5. The van der Waals surface area contributed by atoms with Crippen molar-refractivity contribution in [3.8, 4) is 0 Å². The predicted molar refractivity (Wildman–Crippen MR) is 58.8 cm³/mol. The minimum atomic E-state index is -1.41. The van der Waals surface area contributed by atoms with Gasteiger partial charge in [0.1, 0.15) is 0 Å². The van der Waals surface area contributed by atoms with Gasteiger partial charge >= 0.3 is 5.97 Å². The molecule has 0 aromatic heterocycles. The van der Waals surface area contributed by atoms with E-state index in [1.165, 1.54) is 24.3 Å². The van der Waals surface area contributed by atoms with Crippen molar-refractivity contribution in [3.05, 3.63) is 34.4 Å². The number of aliphatic carboxylic acids is 1. The van der Waals surface area contributed by atoms with Crippen molar-refractivity contribution in [2.75, 3.05) is 5.32 Å². The number of anilines is 1. The Kier molecular flexibility index (Phi) is 3.76.